The van der Waals surface area contributed by atoms with E-state index in [9.17, 15) is 0 Å². The van der Waals surface area contributed by atoms with Gasteiger partial charge in [0, 0.05) is 59.0 Å². The number of aliphatic hydroxyl groups excluding tert-OH is 1. The van der Waals surface area contributed by atoms with Crippen LogP contribution in [0.1, 0.15) is 78.4 Å². The Bertz CT molecular complexity index is 2500. The Balaban J connectivity index is -0.000000497. The molecule has 12 heteroatoms. The molecule has 0 aliphatic carbocycles. The van der Waals surface area contributed by atoms with Gasteiger partial charge in [0.1, 0.15) is 0 Å². The zero-order valence-corrected chi connectivity index (χ0v) is 54.7. The van der Waals surface area contributed by atoms with Gasteiger partial charge in [-0.25, -0.2) is 0 Å². The molecule has 430 valence electrons. The molecular weight excluding hydrogens is 1340 g/mol. The molecule has 79 heavy (non-hydrogen) atoms. The summed E-state index contributed by atoms with van der Waals surface area (Å²) in [6, 6.07) is 61.4. The van der Waals surface area contributed by atoms with Crippen molar-refractivity contribution in [2.75, 3.05) is 68.0 Å². The maximum Gasteiger partial charge on any atom is 2.00 e. The van der Waals surface area contributed by atoms with Gasteiger partial charge in [-0.15, -0.1) is 11.6 Å². The Morgan fingerprint density at radius 2 is 0.823 bits per heavy atom. The normalized spacial score (nSPS) is 10.4. The van der Waals surface area contributed by atoms with Crippen molar-refractivity contribution in [3.63, 3.8) is 0 Å². The van der Waals surface area contributed by atoms with E-state index in [4.69, 9.17) is 28.2 Å². The molecule has 2 atom stereocenters. The Morgan fingerprint density at radius 3 is 1.16 bits per heavy atom. The Labute approximate surface area is 514 Å². The van der Waals surface area contributed by atoms with Crippen LogP contribution < -0.4 is 22.1 Å². The van der Waals surface area contributed by atoms with Crippen molar-refractivity contribution in [3.05, 3.63) is 235 Å². The van der Waals surface area contributed by atoms with Crippen molar-refractivity contribution in [3.8, 4) is 0 Å². The van der Waals surface area contributed by atoms with Gasteiger partial charge in [0.25, 0.3) is 0 Å². The van der Waals surface area contributed by atoms with Gasteiger partial charge in [0.15, 0.2) is 0 Å². The second-order valence-corrected chi connectivity index (χ2v) is 18.0. The van der Waals surface area contributed by atoms with Crippen molar-refractivity contribution in [1.29, 1.82) is 0 Å². The van der Waals surface area contributed by atoms with Crippen LogP contribution in [0.3, 0.4) is 0 Å². The fraction of sp³-hybridized carbons (Fsp3) is 0.313. The van der Waals surface area contributed by atoms with Gasteiger partial charge < -0.3 is 66.7 Å². The van der Waals surface area contributed by atoms with Gasteiger partial charge in [-0.3, -0.25) is 9.97 Å². The van der Waals surface area contributed by atoms with E-state index < -0.39 is 0 Å². The van der Waals surface area contributed by atoms with Crippen molar-refractivity contribution in [2.24, 2.45) is 0 Å². The number of alkyl halides is 1. The SMILES string of the molecule is C.CCN(CCCc1ccccc1)CCCC(C)Nc1ccnc2c(N)cccc12.CCN(CCO)CCCC(C)Nc1ccnc2c(N)cccc12.ClCc1ccccc1.[CH3-].[CH3-].[CH3-].[CH3-].[W+2].[W+2].c1ccccc1.c1ccccc1. The summed E-state index contributed by atoms with van der Waals surface area (Å²) in [5, 5.41) is 18.4. The van der Waals surface area contributed by atoms with Gasteiger partial charge in [-0.2, -0.15) is 0 Å². The van der Waals surface area contributed by atoms with E-state index in [1.807, 2.05) is 152 Å². The monoisotopic (exact) mass is 1430 g/mol. The van der Waals surface area contributed by atoms with Crippen LogP contribution in [0.15, 0.2) is 194 Å². The third-order valence-electron chi connectivity index (χ3n) is 12.1. The van der Waals surface area contributed by atoms with Gasteiger partial charge in [0.2, 0.25) is 0 Å². The number of fused-ring (bicyclic) bond motifs is 2. The second kappa shape index (κ2) is 49.9. The fourth-order valence-corrected chi connectivity index (χ4v) is 8.23. The molecule has 8 aromatic rings. The van der Waals surface area contributed by atoms with Gasteiger partial charge >= 0.3 is 42.1 Å². The molecule has 0 radical (unpaired) electrons. The molecule has 9 nitrogen and oxygen atoms in total. The summed E-state index contributed by atoms with van der Waals surface area (Å²) in [4.78, 5) is 13.6. The Kier molecular flexibility index (Phi) is 50.8. The number of nitrogens with zero attached hydrogens (tertiary/aromatic N) is 4. The van der Waals surface area contributed by atoms with Crippen molar-refractivity contribution >= 4 is 56.2 Å². The smallest absolute Gasteiger partial charge is 0.397 e. The number of rotatable bonds is 21. The molecular formula is C67H97ClN8OW2. The number of nitrogen functional groups attached to an aromatic ring is 2. The number of nitrogens with one attached hydrogen (secondary N) is 2. The molecule has 0 aliphatic heterocycles. The first-order valence-corrected chi connectivity index (χ1v) is 26.3. The molecule has 0 bridgehead atoms. The number of hydrogen-bond donors (Lipinski definition) is 5. The van der Waals surface area contributed by atoms with Crippen LogP contribution in [0.2, 0.25) is 0 Å². The van der Waals surface area contributed by atoms with E-state index in [0.717, 1.165) is 97.3 Å². The number of nitrogens with two attached hydrogens (primary N) is 2. The molecule has 7 N–H and O–H groups in total. The van der Waals surface area contributed by atoms with E-state index in [-0.39, 0.29) is 85.9 Å². The largest absolute Gasteiger partial charge is 2.00 e. The van der Waals surface area contributed by atoms with Crippen LogP contribution in [0.5, 0.6) is 0 Å². The summed E-state index contributed by atoms with van der Waals surface area (Å²) in [5.74, 6) is 0.612. The van der Waals surface area contributed by atoms with Crippen LogP contribution in [-0.2, 0) is 54.4 Å². The molecule has 8 rings (SSSR count). The zero-order chi connectivity index (χ0) is 51.4. The average Bonchev–Trinajstić information content (AvgIpc) is 3.43. The van der Waals surface area contributed by atoms with E-state index >= 15 is 0 Å². The number of pyridine rings is 2. The van der Waals surface area contributed by atoms with Crippen molar-refractivity contribution < 1.29 is 47.2 Å². The summed E-state index contributed by atoms with van der Waals surface area (Å²) >= 11 is 5.53. The van der Waals surface area contributed by atoms with E-state index in [2.05, 4.69) is 94.5 Å². The van der Waals surface area contributed by atoms with E-state index in [1.165, 1.54) is 30.5 Å². The minimum Gasteiger partial charge on any atom is -0.397 e. The molecule has 2 heterocycles. The second-order valence-electron chi connectivity index (χ2n) is 17.7. The van der Waals surface area contributed by atoms with E-state index in [0.29, 0.717) is 23.7 Å². The standard InChI is InChI=1S/C25H34N4.C18H28N4O.C7H7Cl.2C6H6.CH4.4CH3.2W/c1-3-29(19-9-13-21-11-5-4-6-12-21)18-8-10-20(2)28-24-16-17-27-25-22(24)14-7-15-23(25)26;1-3-22(12-13-23)11-5-6-14(2)21-17-9-10-20-18-15(17)7-4-8-16(18)19;8-6-7-4-2-1-3-5-7;2*1-2-4-6-5-3-1;;;;;;;/h4-7,11-12,14-17,20H,3,8-10,13,18-19,26H2,1-2H3,(H,27,28);4,7-10,14,23H,3,5-6,11-13,19H2,1-2H3,(H,20,21);1-5H,6H2;2*1-6H;1H4;4*1H3;;/q;;;;;;4*-1;2*+2. The summed E-state index contributed by atoms with van der Waals surface area (Å²) in [7, 11) is 0. The molecule has 6 aromatic carbocycles. The summed E-state index contributed by atoms with van der Waals surface area (Å²) in [6.45, 7) is 15.3. The zero-order valence-electron chi connectivity index (χ0n) is 48.1. The maximum absolute atomic E-state index is 9.02. The number of halogens is 1. The van der Waals surface area contributed by atoms with Crippen LogP contribution in [-0.4, -0.2) is 82.8 Å². The summed E-state index contributed by atoms with van der Waals surface area (Å²) < 4.78 is 0. The molecule has 0 amide bonds. The van der Waals surface area contributed by atoms with Gasteiger partial charge in [-0.1, -0.05) is 179 Å². The predicted octanol–water partition coefficient (Wildman–Crippen LogP) is 16.3. The quantitative estimate of drug-likeness (QED) is 0.0271. The molecule has 0 aliphatic rings. The number of para-hydroxylation sites is 2. The maximum atomic E-state index is 9.02. The third kappa shape index (κ3) is 32.7. The van der Waals surface area contributed by atoms with Crippen molar-refractivity contribution in [2.45, 2.75) is 91.6 Å². The molecule has 0 spiro atoms. The fourth-order valence-electron chi connectivity index (χ4n) is 8.05. The van der Waals surface area contributed by atoms with Gasteiger partial charge in [0.05, 0.1) is 29.0 Å². The van der Waals surface area contributed by atoms with Crippen LogP contribution >= 0.6 is 11.6 Å². The van der Waals surface area contributed by atoms with Crippen molar-refractivity contribution in [1.82, 2.24) is 19.8 Å². The van der Waals surface area contributed by atoms with E-state index in [1.54, 1.807) is 6.20 Å². The molecule has 2 aromatic heterocycles. The first-order valence-electron chi connectivity index (χ1n) is 25.7. The number of hydrogen-bond acceptors (Lipinski definition) is 9. The first-order chi connectivity index (χ1) is 35.3. The van der Waals surface area contributed by atoms with Gasteiger partial charge in [-0.05, 0) is 120 Å². The molecule has 0 fully saturated rings. The number of likely N-dealkylation sites (N-methyl/N-ethyl adjacent to an activating group) is 1. The Morgan fingerprint density at radius 1 is 0.481 bits per heavy atom. The third-order valence-corrected chi connectivity index (χ3v) is 12.4. The number of aliphatic hydroxyl groups is 1. The van der Waals surface area contributed by atoms with Crippen LogP contribution in [0.25, 0.3) is 21.8 Å². The molecule has 2 unspecified atom stereocenters. The minimum absolute atomic E-state index is 0. The number of benzene rings is 6. The molecule has 0 saturated carbocycles. The number of aryl methyl sites for hydroxylation is 1. The topological polar surface area (TPSA) is 129 Å². The molecule has 0 saturated heterocycles. The minimum atomic E-state index is 0. The van der Waals surface area contributed by atoms with Crippen LogP contribution in [0, 0.1) is 29.7 Å². The first kappa shape index (κ1) is 80.4. The average molecular weight is 1430 g/mol. The Hall–Kier alpha value is -5.11. The number of aromatic nitrogens is 2. The van der Waals surface area contributed by atoms with Crippen LogP contribution in [0.4, 0.5) is 22.7 Å². The summed E-state index contributed by atoms with van der Waals surface area (Å²) in [5.41, 5.74) is 20.0. The summed E-state index contributed by atoms with van der Waals surface area (Å²) in [6.07, 6.45) is 10.5. The number of anilines is 4. The predicted molar refractivity (Wildman–Crippen MR) is 344 cm³/mol.